The Balaban J connectivity index is 2.62. The third-order valence-electron chi connectivity index (χ3n) is 2.23. The number of hydrogen-bond donors (Lipinski definition) is 1. The molecule has 0 atom stereocenters. The van der Waals surface area contributed by atoms with Crippen LogP contribution in [0.2, 0.25) is 0 Å². The Morgan fingerprint density at radius 3 is 2.63 bits per heavy atom. The Morgan fingerprint density at radius 2 is 2.05 bits per heavy atom. The smallest absolute Gasteiger partial charge is 0.372 e. The monoisotopic (exact) mass is 358 g/mol. The lowest BCUT2D eigenvalue weighted by Crippen LogP contribution is -2.18. The van der Waals surface area contributed by atoms with Crippen LogP contribution in [0.5, 0.6) is 0 Å². The molecule has 0 aliphatic rings. The maximum atomic E-state index is 11.9. The molecule has 19 heavy (non-hydrogen) atoms. The second-order valence-electron chi connectivity index (χ2n) is 3.95. The van der Waals surface area contributed by atoms with Crippen molar-refractivity contribution in [3.8, 4) is 0 Å². The molecule has 1 aromatic heterocycles. The molecule has 0 spiro atoms. The molecule has 0 aromatic carbocycles. The van der Waals surface area contributed by atoms with E-state index in [0.717, 1.165) is 23.0 Å². The summed E-state index contributed by atoms with van der Waals surface area (Å²) in [6.45, 7) is 0.729. The summed E-state index contributed by atoms with van der Waals surface area (Å²) in [5.74, 6) is 0.541. The summed E-state index contributed by atoms with van der Waals surface area (Å²) < 4.78 is 41.4. The fourth-order valence-electron chi connectivity index (χ4n) is 1.46. The molecule has 108 valence electrons. The minimum absolute atomic E-state index is 0.0506. The van der Waals surface area contributed by atoms with Gasteiger partial charge in [-0.25, -0.2) is 4.98 Å². The summed E-state index contributed by atoms with van der Waals surface area (Å²) in [5, 5.41) is 0. The Hall–Kier alpha value is -0.470. The SMILES string of the molecule is CCCc1[nH]c(CCOCC(F)(F)F)nc(=S)c1Br. The number of nitrogens with zero attached hydrogens (tertiary/aromatic N) is 1. The molecule has 0 saturated heterocycles. The highest BCUT2D eigenvalue weighted by Crippen LogP contribution is 2.18. The van der Waals surface area contributed by atoms with Gasteiger partial charge in [-0.3, -0.25) is 0 Å². The van der Waals surface area contributed by atoms with Crippen LogP contribution in [0.3, 0.4) is 0 Å². The van der Waals surface area contributed by atoms with E-state index >= 15 is 0 Å². The predicted molar refractivity (Wildman–Crippen MR) is 71.7 cm³/mol. The molecule has 0 fully saturated rings. The van der Waals surface area contributed by atoms with E-state index in [9.17, 15) is 13.2 Å². The number of H-pyrrole nitrogens is 1. The third kappa shape index (κ3) is 6.01. The lowest BCUT2D eigenvalue weighted by molar-refractivity contribution is -0.173. The number of rotatable bonds is 6. The number of aryl methyl sites for hydroxylation is 1. The fourth-order valence-corrected chi connectivity index (χ4v) is 2.07. The van der Waals surface area contributed by atoms with Crippen LogP contribution in [0.1, 0.15) is 24.9 Å². The average molecular weight is 359 g/mol. The molecule has 0 aliphatic heterocycles. The molecular formula is C11H14BrF3N2OS. The average Bonchev–Trinajstić information content (AvgIpc) is 2.30. The van der Waals surface area contributed by atoms with Gasteiger partial charge >= 0.3 is 6.18 Å². The molecule has 1 rings (SSSR count). The van der Waals surface area contributed by atoms with Gasteiger partial charge in [-0.15, -0.1) is 0 Å². The maximum Gasteiger partial charge on any atom is 0.411 e. The largest absolute Gasteiger partial charge is 0.411 e. The van der Waals surface area contributed by atoms with E-state index in [4.69, 9.17) is 12.2 Å². The molecule has 0 amide bonds. The summed E-state index contributed by atoms with van der Waals surface area (Å²) in [7, 11) is 0. The zero-order chi connectivity index (χ0) is 14.5. The van der Waals surface area contributed by atoms with Gasteiger partial charge in [0.1, 0.15) is 17.1 Å². The highest BCUT2D eigenvalue weighted by Gasteiger charge is 2.27. The fraction of sp³-hybridized carbons (Fsp3) is 0.636. The molecule has 1 N–H and O–H groups in total. The Morgan fingerprint density at radius 1 is 1.37 bits per heavy atom. The van der Waals surface area contributed by atoms with E-state index in [1.165, 1.54) is 0 Å². The molecule has 0 unspecified atom stereocenters. The maximum absolute atomic E-state index is 11.9. The standard InChI is InChI=1S/C11H14BrF3N2OS/c1-2-3-7-9(12)10(19)17-8(16-7)4-5-18-6-11(13,14)15/h2-6H2,1H3,(H,16,17,19). The van der Waals surface area contributed by atoms with Gasteiger partial charge < -0.3 is 9.72 Å². The zero-order valence-corrected chi connectivity index (χ0v) is 12.7. The first kappa shape index (κ1) is 16.6. The quantitative estimate of drug-likeness (QED) is 0.617. The van der Waals surface area contributed by atoms with Gasteiger partial charge in [-0.05, 0) is 22.4 Å². The predicted octanol–water partition coefficient (Wildman–Crippen LogP) is 3.98. The summed E-state index contributed by atoms with van der Waals surface area (Å²) in [5.41, 5.74) is 0.910. The van der Waals surface area contributed by atoms with Gasteiger partial charge in [0.2, 0.25) is 0 Å². The normalized spacial score (nSPS) is 11.8. The lowest BCUT2D eigenvalue weighted by atomic mass is 10.2. The van der Waals surface area contributed by atoms with Crippen molar-refractivity contribution in [3.63, 3.8) is 0 Å². The van der Waals surface area contributed by atoms with Crippen molar-refractivity contribution >= 4 is 28.1 Å². The van der Waals surface area contributed by atoms with Crippen molar-refractivity contribution < 1.29 is 17.9 Å². The van der Waals surface area contributed by atoms with Gasteiger partial charge in [0, 0.05) is 12.1 Å². The minimum atomic E-state index is -4.30. The molecule has 0 radical (unpaired) electrons. The first-order valence-electron chi connectivity index (χ1n) is 5.75. The van der Waals surface area contributed by atoms with Crippen LogP contribution >= 0.6 is 28.1 Å². The molecule has 8 heteroatoms. The second kappa shape index (κ2) is 7.35. The van der Waals surface area contributed by atoms with E-state index < -0.39 is 12.8 Å². The van der Waals surface area contributed by atoms with Gasteiger partial charge in [-0.1, -0.05) is 25.6 Å². The molecule has 0 aliphatic carbocycles. The van der Waals surface area contributed by atoms with E-state index in [-0.39, 0.29) is 13.0 Å². The van der Waals surface area contributed by atoms with Crippen molar-refractivity contribution in [2.45, 2.75) is 32.4 Å². The minimum Gasteiger partial charge on any atom is -0.372 e. The molecule has 1 aromatic rings. The summed E-state index contributed by atoms with van der Waals surface area (Å²) in [6, 6.07) is 0. The highest BCUT2D eigenvalue weighted by atomic mass is 79.9. The summed E-state index contributed by atoms with van der Waals surface area (Å²) >= 11 is 8.43. The van der Waals surface area contributed by atoms with Crippen LogP contribution in [0.4, 0.5) is 13.2 Å². The molecule has 0 bridgehead atoms. The van der Waals surface area contributed by atoms with Gasteiger partial charge in [-0.2, -0.15) is 13.2 Å². The number of halogens is 4. The van der Waals surface area contributed by atoms with Crippen molar-refractivity contribution in [1.82, 2.24) is 9.97 Å². The highest BCUT2D eigenvalue weighted by molar-refractivity contribution is 9.10. The Kier molecular flexibility index (Phi) is 6.41. The second-order valence-corrected chi connectivity index (χ2v) is 5.13. The lowest BCUT2D eigenvalue weighted by Gasteiger charge is -2.09. The van der Waals surface area contributed by atoms with Crippen molar-refractivity contribution in [3.05, 3.63) is 20.6 Å². The van der Waals surface area contributed by atoms with Gasteiger partial charge in [0.25, 0.3) is 0 Å². The first-order valence-corrected chi connectivity index (χ1v) is 6.95. The van der Waals surface area contributed by atoms with E-state index in [1.807, 2.05) is 6.92 Å². The Labute approximate surface area is 122 Å². The van der Waals surface area contributed by atoms with E-state index in [1.54, 1.807) is 0 Å². The van der Waals surface area contributed by atoms with Crippen LogP contribution in [0, 0.1) is 4.64 Å². The van der Waals surface area contributed by atoms with Crippen LogP contribution in [0.25, 0.3) is 0 Å². The van der Waals surface area contributed by atoms with Crippen LogP contribution in [-0.4, -0.2) is 29.4 Å². The molecular weight excluding hydrogens is 345 g/mol. The molecule has 0 saturated carbocycles. The number of aromatic amines is 1. The van der Waals surface area contributed by atoms with Crippen LogP contribution < -0.4 is 0 Å². The van der Waals surface area contributed by atoms with E-state index in [0.29, 0.717) is 10.5 Å². The number of alkyl halides is 3. The third-order valence-corrected chi connectivity index (χ3v) is 3.65. The van der Waals surface area contributed by atoms with Gasteiger partial charge in [0.15, 0.2) is 0 Å². The number of aromatic nitrogens is 2. The Bertz CT molecular complexity index is 476. The number of ether oxygens (including phenoxy) is 1. The number of nitrogens with one attached hydrogen (secondary N) is 1. The number of hydrogen-bond acceptors (Lipinski definition) is 3. The first-order chi connectivity index (χ1) is 8.83. The van der Waals surface area contributed by atoms with E-state index in [2.05, 4.69) is 30.6 Å². The molecule has 3 nitrogen and oxygen atoms in total. The zero-order valence-electron chi connectivity index (χ0n) is 10.3. The van der Waals surface area contributed by atoms with Crippen molar-refractivity contribution in [2.24, 2.45) is 0 Å². The van der Waals surface area contributed by atoms with Crippen molar-refractivity contribution in [2.75, 3.05) is 13.2 Å². The van der Waals surface area contributed by atoms with Crippen molar-refractivity contribution in [1.29, 1.82) is 0 Å². The van der Waals surface area contributed by atoms with Crippen LogP contribution in [-0.2, 0) is 17.6 Å². The summed E-state index contributed by atoms with van der Waals surface area (Å²) in [4.78, 5) is 7.17. The molecule has 1 heterocycles. The topological polar surface area (TPSA) is 37.9 Å². The van der Waals surface area contributed by atoms with Gasteiger partial charge in [0.05, 0.1) is 11.1 Å². The van der Waals surface area contributed by atoms with Crippen LogP contribution in [0.15, 0.2) is 4.47 Å². The summed E-state index contributed by atoms with van der Waals surface area (Å²) in [6.07, 6.45) is -2.31.